The molecule has 8 nitrogen and oxygen atoms in total. The van der Waals surface area contributed by atoms with Crippen molar-refractivity contribution in [3.63, 3.8) is 0 Å². The molecule has 0 radical (unpaired) electrons. The van der Waals surface area contributed by atoms with Crippen LogP contribution in [0.4, 0.5) is 0 Å². The molecule has 2 aromatic carbocycles. The van der Waals surface area contributed by atoms with Crippen molar-refractivity contribution in [1.29, 1.82) is 0 Å². The van der Waals surface area contributed by atoms with Gasteiger partial charge in [-0.3, -0.25) is 14.4 Å². The maximum Gasteiger partial charge on any atom is 0.325 e. The summed E-state index contributed by atoms with van der Waals surface area (Å²) in [4.78, 5) is 40.3. The molecule has 4 rings (SSSR count). The smallest absolute Gasteiger partial charge is 0.325 e. The number of furan rings is 1. The normalized spacial score (nSPS) is 18.8. The Hall–Kier alpha value is -3.52. The Bertz CT molecular complexity index is 1220. The highest BCUT2D eigenvalue weighted by Crippen LogP contribution is 2.39. The Kier molecular flexibility index (Phi) is 6.03. The summed E-state index contributed by atoms with van der Waals surface area (Å²) in [6.45, 7) is 2.71. The van der Waals surface area contributed by atoms with Crippen LogP contribution >= 0.6 is 11.6 Å². The lowest BCUT2D eigenvalue weighted by atomic mass is 9.97. The van der Waals surface area contributed by atoms with E-state index in [0.717, 1.165) is 10.5 Å². The SMILES string of the molecule is COC(=O)CN1C(=O)c2oc3ccc(Cl)cc3c2OC[C@]1(C)C(=O)NC(C)c1ccccc1. The van der Waals surface area contributed by atoms with Gasteiger partial charge in [-0.25, -0.2) is 0 Å². The highest BCUT2D eigenvalue weighted by Gasteiger charge is 2.49. The van der Waals surface area contributed by atoms with Crippen LogP contribution in [0.3, 0.4) is 0 Å². The molecular formula is C24H23ClN2O6. The van der Waals surface area contributed by atoms with E-state index < -0.39 is 29.9 Å². The third-order valence-corrected chi connectivity index (χ3v) is 6.02. The molecule has 1 aliphatic rings. The Morgan fingerprint density at radius 1 is 1.24 bits per heavy atom. The summed E-state index contributed by atoms with van der Waals surface area (Å²) >= 11 is 6.12. The Balaban J connectivity index is 1.73. The first-order valence-corrected chi connectivity index (χ1v) is 10.7. The molecule has 0 fully saturated rings. The van der Waals surface area contributed by atoms with Crippen LogP contribution in [0, 0.1) is 0 Å². The lowest BCUT2D eigenvalue weighted by Gasteiger charge is -2.37. The standard InChI is InChI=1S/C24H23ClN2O6/c1-14(15-7-5-4-6-8-15)26-23(30)24(2)13-32-20-17-11-16(25)9-10-18(17)33-21(20)22(29)27(24)12-19(28)31-3/h4-11,14H,12-13H2,1-3H3,(H,26,30)/t14?,24-/m1/s1. The summed E-state index contributed by atoms with van der Waals surface area (Å²) in [6.07, 6.45) is 0. The quantitative estimate of drug-likeness (QED) is 0.570. The number of carbonyl (C=O) groups excluding carboxylic acids is 3. The number of rotatable bonds is 5. The number of esters is 1. The predicted octanol–water partition coefficient (Wildman–Crippen LogP) is 3.73. The molecule has 0 spiro atoms. The lowest BCUT2D eigenvalue weighted by Crippen LogP contribution is -2.62. The molecule has 1 unspecified atom stereocenters. The zero-order valence-corrected chi connectivity index (χ0v) is 19.1. The molecule has 1 N–H and O–H groups in total. The molecule has 2 amide bonds. The summed E-state index contributed by atoms with van der Waals surface area (Å²) < 4.78 is 16.5. The number of methoxy groups -OCH3 is 1. The van der Waals surface area contributed by atoms with Gasteiger partial charge >= 0.3 is 5.97 Å². The van der Waals surface area contributed by atoms with Crippen LogP contribution < -0.4 is 10.1 Å². The zero-order chi connectivity index (χ0) is 23.8. The summed E-state index contributed by atoms with van der Waals surface area (Å²) in [6, 6.07) is 13.9. The van der Waals surface area contributed by atoms with Gasteiger partial charge in [0.25, 0.3) is 5.91 Å². The minimum absolute atomic E-state index is 0.108. The van der Waals surface area contributed by atoms with Gasteiger partial charge in [-0.05, 0) is 37.6 Å². The summed E-state index contributed by atoms with van der Waals surface area (Å²) in [7, 11) is 1.21. The van der Waals surface area contributed by atoms with E-state index in [1.807, 2.05) is 37.3 Å². The van der Waals surface area contributed by atoms with Gasteiger partial charge in [0.1, 0.15) is 18.7 Å². The molecule has 33 heavy (non-hydrogen) atoms. The number of hydrogen-bond acceptors (Lipinski definition) is 6. The van der Waals surface area contributed by atoms with Crippen LogP contribution in [0.5, 0.6) is 5.75 Å². The number of hydrogen-bond donors (Lipinski definition) is 1. The Labute approximate surface area is 195 Å². The van der Waals surface area contributed by atoms with Crippen molar-refractivity contribution in [3.05, 3.63) is 64.9 Å². The Morgan fingerprint density at radius 2 is 1.97 bits per heavy atom. The molecule has 9 heteroatoms. The minimum Gasteiger partial charge on any atom is -0.486 e. The fourth-order valence-electron chi connectivity index (χ4n) is 3.77. The van der Waals surface area contributed by atoms with Crippen LogP contribution in [0.2, 0.25) is 5.02 Å². The fraction of sp³-hybridized carbons (Fsp3) is 0.292. The van der Waals surface area contributed by atoms with E-state index in [1.54, 1.807) is 25.1 Å². The number of nitrogens with zero attached hydrogens (tertiary/aromatic N) is 1. The second kappa shape index (κ2) is 8.78. The fourth-order valence-corrected chi connectivity index (χ4v) is 3.95. The van der Waals surface area contributed by atoms with E-state index in [0.29, 0.717) is 16.0 Å². The van der Waals surface area contributed by atoms with Gasteiger partial charge in [-0.2, -0.15) is 0 Å². The largest absolute Gasteiger partial charge is 0.486 e. The lowest BCUT2D eigenvalue weighted by molar-refractivity contribution is -0.145. The van der Waals surface area contributed by atoms with E-state index >= 15 is 0 Å². The summed E-state index contributed by atoms with van der Waals surface area (Å²) in [5, 5.41) is 3.87. The van der Waals surface area contributed by atoms with Gasteiger partial charge in [0.15, 0.2) is 11.3 Å². The topological polar surface area (TPSA) is 98.1 Å². The number of amides is 2. The number of fused-ring (bicyclic) bond motifs is 3. The highest BCUT2D eigenvalue weighted by atomic mass is 35.5. The molecule has 172 valence electrons. The number of carbonyl (C=O) groups is 3. The van der Waals surface area contributed by atoms with Gasteiger partial charge in [0.05, 0.1) is 18.5 Å². The van der Waals surface area contributed by atoms with Crippen molar-refractivity contribution in [2.75, 3.05) is 20.3 Å². The first-order valence-electron chi connectivity index (χ1n) is 10.3. The molecule has 0 saturated heterocycles. The van der Waals surface area contributed by atoms with Gasteiger partial charge in [0, 0.05) is 5.02 Å². The number of ether oxygens (including phenoxy) is 2. The van der Waals surface area contributed by atoms with Crippen LogP contribution in [-0.4, -0.2) is 48.5 Å². The van der Waals surface area contributed by atoms with E-state index in [1.165, 1.54) is 7.11 Å². The van der Waals surface area contributed by atoms with E-state index in [4.69, 9.17) is 25.5 Å². The average molecular weight is 471 g/mol. The maximum absolute atomic E-state index is 13.5. The first-order chi connectivity index (χ1) is 15.7. The van der Waals surface area contributed by atoms with Crippen molar-refractivity contribution in [2.24, 2.45) is 0 Å². The monoisotopic (exact) mass is 470 g/mol. The van der Waals surface area contributed by atoms with Gasteiger partial charge in [0.2, 0.25) is 11.7 Å². The van der Waals surface area contributed by atoms with Crippen molar-refractivity contribution in [2.45, 2.75) is 25.4 Å². The third-order valence-electron chi connectivity index (χ3n) is 5.79. The molecule has 1 aliphatic heterocycles. The number of nitrogens with one attached hydrogen (secondary N) is 1. The Morgan fingerprint density at radius 3 is 2.67 bits per heavy atom. The predicted molar refractivity (Wildman–Crippen MR) is 121 cm³/mol. The molecule has 0 aliphatic carbocycles. The van der Waals surface area contributed by atoms with E-state index in [9.17, 15) is 14.4 Å². The van der Waals surface area contributed by atoms with E-state index in [-0.39, 0.29) is 24.2 Å². The molecular weight excluding hydrogens is 448 g/mol. The van der Waals surface area contributed by atoms with Crippen LogP contribution in [0.1, 0.15) is 36.0 Å². The molecule has 2 heterocycles. The van der Waals surface area contributed by atoms with Crippen LogP contribution in [0.15, 0.2) is 52.9 Å². The molecule has 1 aromatic heterocycles. The van der Waals surface area contributed by atoms with Crippen LogP contribution in [-0.2, 0) is 14.3 Å². The molecule has 3 aromatic rings. The van der Waals surface area contributed by atoms with Gasteiger partial charge in [-0.1, -0.05) is 41.9 Å². The van der Waals surface area contributed by atoms with Crippen molar-refractivity contribution in [1.82, 2.24) is 10.2 Å². The van der Waals surface area contributed by atoms with E-state index in [2.05, 4.69) is 5.32 Å². The van der Waals surface area contributed by atoms with Gasteiger partial charge in [-0.15, -0.1) is 0 Å². The maximum atomic E-state index is 13.5. The van der Waals surface area contributed by atoms with Crippen molar-refractivity contribution < 1.29 is 28.3 Å². The molecule has 0 bridgehead atoms. The number of benzene rings is 2. The second-order valence-corrected chi connectivity index (χ2v) is 8.47. The molecule has 2 atom stereocenters. The third kappa shape index (κ3) is 4.14. The van der Waals surface area contributed by atoms with Gasteiger partial charge < -0.3 is 24.1 Å². The first kappa shape index (κ1) is 22.7. The highest BCUT2D eigenvalue weighted by molar-refractivity contribution is 6.31. The molecule has 0 saturated carbocycles. The average Bonchev–Trinajstić information content (AvgIpc) is 3.13. The van der Waals surface area contributed by atoms with Crippen molar-refractivity contribution >= 4 is 40.4 Å². The second-order valence-electron chi connectivity index (χ2n) is 8.04. The number of halogens is 1. The summed E-state index contributed by atoms with van der Waals surface area (Å²) in [5.74, 6) is -1.75. The zero-order valence-electron chi connectivity index (χ0n) is 18.4. The minimum atomic E-state index is -1.53. The summed E-state index contributed by atoms with van der Waals surface area (Å²) in [5.41, 5.74) is -0.232. The van der Waals surface area contributed by atoms with Crippen LogP contribution in [0.25, 0.3) is 11.0 Å². The van der Waals surface area contributed by atoms with Crippen molar-refractivity contribution in [3.8, 4) is 5.75 Å².